The van der Waals surface area contributed by atoms with Gasteiger partial charge in [-0.1, -0.05) is 35.9 Å². The van der Waals surface area contributed by atoms with E-state index in [1.807, 2.05) is 0 Å². The third kappa shape index (κ3) is 3.30. The van der Waals surface area contributed by atoms with Crippen LogP contribution >= 0.6 is 11.6 Å². The Labute approximate surface area is 165 Å². The average Bonchev–Trinajstić information content (AvgIpc) is 2.70. The summed E-state index contributed by atoms with van der Waals surface area (Å²) in [6.45, 7) is 0. The van der Waals surface area contributed by atoms with Gasteiger partial charge in [0, 0.05) is 23.7 Å². The fourth-order valence-electron chi connectivity index (χ4n) is 3.19. The third-order valence-corrected chi connectivity index (χ3v) is 4.96. The fraction of sp³-hybridized carbons (Fsp3) is 0.0909. The average molecular weight is 395 g/mol. The van der Waals surface area contributed by atoms with Crippen molar-refractivity contribution in [3.63, 3.8) is 0 Å². The van der Waals surface area contributed by atoms with Gasteiger partial charge in [0.05, 0.1) is 16.7 Å². The van der Waals surface area contributed by atoms with Crippen LogP contribution in [0.1, 0.15) is 17.4 Å². The predicted octanol–water partition coefficient (Wildman–Crippen LogP) is 4.47. The number of aryl methyl sites for hydroxylation is 1. The lowest BCUT2D eigenvalue weighted by atomic mass is 10.0. The molecule has 1 atom stereocenters. The second-order valence-corrected chi connectivity index (χ2v) is 6.96. The molecule has 1 unspecified atom stereocenters. The Bertz CT molecular complexity index is 1240. The number of fused-ring (bicyclic) bond motifs is 1. The van der Waals surface area contributed by atoms with Crippen molar-refractivity contribution in [2.24, 2.45) is 7.05 Å². The van der Waals surface area contributed by atoms with E-state index in [-0.39, 0.29) is 5.56 Å². The summed E-state index contributed by atoms with van der Waals surface area (Å²) in [7, 11) is 1.65. The fourth-order valence-corrected chi connectivity index (χ4v) is 3.31. The lowest BCUT2D eigenvalue weighted by Gasteiger charge is -2.15. The molecule has 4 nitrogen and oxygen atoms in total. The number of nitrogens with zero attached hydrogens (tertiary/aromatic N) is 2. The van der Waals surface area contributed by atoms with Crippen LogP contribution in [0.15, 0.2) is 71.5 Å². The van der Waals surface area contributed by atoms with Crippen LogP contribution in [0.2, 0.25) is 5.02 Å². The van der Waals surface area contributed by atoms with Gasteiger partial charge in [0.15, 0.2) is 0 Å². The highest BCUT2D eigenvalue weighted by molar-refractivity contribution is 6.30. The van der Waals surface area contributed by atoms with Gasteiger partial charge < -0.3 is 9.67 Å². The van der Waals surface area contributed by atoms with Crippen molar-refractivity contribution in [2.75, 3.05) is 0 Å². The van der Waals surface area contributed by atoms with E-state index in [9.17, 15) is 14.3 Å². The van der Waals surface area contributed by atoms with Gasteiger partial charge in [0.2, 0.25) is 0 Å². The van der Waals surface area contributed by atoms with Crippen LogP contribution in [0, 0.1) is 5.82 Å². The molecular formula is C22H16ClFN2O2. The quantitative estimate of drug-likeness (QED) is 0.557. The summed E-state index contributed by atoms with van der Waals surface area (Å²) in [6, 6.07) is 17.7. The zero-order valence-corrected chi connectivity index (χ0v) is 15.7. The summed E-state index contributed by atoms with van der Waals surface area (Å²) in [5, 5.41) is 11.3. The maximum atomic E-state index is 13.7. The molecule has 0 bridgehead atoms. The van der Waals surface area contributed by atoms with Crippen molar-refractivity contribution in [2.45, 2.75) is 6.10 Å². The van der Waals surface area contributed by atoms with Crippen molar-refractivity contribution in [1.82, 2.24) is 9.55 Å². The smallest absolute Gasteiger partial charge is 0.251 e. The summed E-state index contributed by atoms with van der Waals surface area (Å²) in [5.74, 6) is -0.399. The molecular weight excluding hydrogens is 379 g/mol. The number of pyridine rings is 2. The first-order valence-electron chi connectivity index (χ1n) is 8.64. The van der Waals surface area contributed by atoms with Crippen molar-refractivity contribution < 1.29 is 9.50 Å². The number of aliphatic hydroxyl groups excluding tert-OH is 1. The van der Waals surface area contributed by atoms with Crippen molar-refractivity contribution in [3.05, 3.63) is 99.2 Å². The number of aliphatic hydroxyl groups is 1. The summed E-state index contributed by atoms with van der Waals surface area (Å²) < 4.78 is 15.2. The molecule has 1 N–H and O–H groups in total. The van der Waals surface area contributed by atoms with Gasteiger partial charge >= 0.3 is 0 Å². The van der Waals surface area contributed by atoms with Crippen LogP contribution in [0.3, 0.4) is 0 Å². The Morgan fingerprint density at radius 1 is 1.07 bits per heavy atom. The zero-order valence-electron chi connectivity index (χ0n) is 14.9. The van der Waals surface area contributed by atoms with Gasteiger partial charge in [-0.25, -0.2) is 9.37 Å². The maximum Gasteiger partial charge on any atom is 0.251 e. The monoisotopic (exact) mass is 394 g/mol. The van der Waals surface area contributed by atoms with Crippen LogP contribution in [0.5, 0.6) is 0 Å². The molecule has 0 aliphatic rings. The molecule has 0 saturated carbocycles. The lowest BCUT2D eigenvalue weighted by molar-refractivity contribution is 0.216. The number of rotatable bonds is 3. The van der Waals surface area contributed by atoms with Gasteiger partial charge in [0.1, 0.15) is 11.9 Å². The molecule has 2 aromatic heterocycles. The van der Waals surface area contributed by atoms with E-state index in [2.05, 4.69) is 4.98 Å². The Kier molecular flexibility index (Phi) is 4.71. The topological polar surface area (TPSA) is 55.1 Å². The first kappa shape index (κ1) is 18.3. The van der Waals surface area contributed by atoms with Gasteiger partial charge in [-0.3, -0.25) is 4.79 Å². The third-order valence-electron chi connectivity index (χ3n) is 4.71. The second-order valence-electron chi connectivity index (χ2n) is 6.52. The first-order valence-corrected chi connectivity index (χ1v) is 9.02. The highest BCUT2D eigenvalue weighted by atomic mass is 35.5. The maximum absolute atomic E-state index is 13.7. The number of hydrogen-bond acceptors (Lipinski definition) is 3. The molecule has 0 radical (unpaired) electrons. The summed E-state index contributed by atoms with van der Waals surface area (Å²) in [6.07, 6.45) is -0.959. The number of benzene rings is 2. The van der Waals surface area contributed by atoms with Gasteiger partial charge in [-0.2, -0.15) is 0 Å². The van der Waals surface area contributed by atoms with E-state index >= 15 is 0 Å². The molecule has 0 aliphatic carbocycles. The normalized spacial score (nSPS) is 12.3. The Balaban J connectivity index is 1.92. The van der Waals surface area contributed by atoms with Crippen molar-refractivity contribution in [3.8, 4) is 11.1 Å². The second kappa shape index (κ2) is 7.19. The standard InChI is InChI=1S/C22H16ClFN2O2/c1-26-19-10-9-18(22(28)13-5-7-15(23)8-6-13)25-21(19)17(12-20(26)27)14-3-2-4-16(24)11-14/h2-12,22,28H,1H3. The largest absolute Gasteiger partial charge is 0.382 e. The minimum atomic E-state index is -0.959. The molecule has 2 heterocycles. The van der Waals surface area contributed by atoms with Gasteiger partial charge in [0.25, 0.3) is 5.56 Å². The van der Waals surface area contributed by atoms with Crippen LogP contribution in [0.25, 0.3) is 22.2 Å². The lowest BCUT2D eigenvalue weighted by Crippen LogP contribution is -2.17. The van der Waals surface area contributed by atoms with Crippen LogP contribution in [-0.2, 0) is 7.05 Å². The van der Waals surface area contributed by atoms with E-state index in [1.54, 1.807) is 55.6 Å². The summed E-state index contributed by atoms with van der Waals surface area (Å²) >= 11 is 5.91. The minimum Gasteiger partial charge on any atom is -0.382 e. The number of hydrogen-bond donors (Lipinski definition) is 1. The minimum absolute atomic E-state index is 0.223. The molecule has 0 spiro atoms. The van der Waals surface area contributed by atoms with Crippen LogP contribution in [-0.4, -0.2) is 14.7 Å². The predicted molar refractivity (Wildman–Crippen MR) is 108 cm³/mol. The van der Waals surface area contributed by atoms with E-state index in [0.717, 1.165) is 0 Å². The van der Waals surface area contributed by atoms with E-state index in [1.165, 1.54) is 22.8 Å². The Morgan fingerprint density at radius 3 is 2.54 bits per heavy atom. The number of halogens is 2. The molecule has 0 amide bonds. The Hall–Kier alpha value is -3.02. The molecule has 0 saturated heterocycles. The molecule has 28 heavy (non-hydrogen) atoms. The summed E-state index contributed by atoms with van der Waals surface area (Å²) in [4.78, 5) is 17.0. The molecule has 4 aromatic rings. The molecule has 4 rings (SSSR count). The molecule has 6 heteroatoms. The molecule has 2 aromatic carbocycles. The van der Waals surface area contributed by atoms with Gasteiger partial charge in [-0.05, 0) is 47.5 Å². The first-order chi connectivity index (χ1) is 13.4. The number of aromatic nitrogens is 2. The molecule has 0 aliphatic heterocycles. The highest BCUT2D eigenvalue weighted by Crippen LogP contribution is 2.29. The van der Waals surface area contributed by atoms with Crippen LogP contribution < -0.4 is 5.56 Å². The summed E-state index contributed by atoms with van der Waals surface area (Å²) in [5.41, 5.74) is 3.02. The SMILES string of the molecule is Cn1c(=O)cc(-c2cccc(F)c2)c2nc(C(O)c3ccc(Cl)cc3)ccc21. The Morgan fingerprint density at radius 2 is 1.82 bits per heavy atom. The van der Waals surface area contributed by atoms with Crippen molar-refractivity contribution in [1.29, 1.82) is 0 Å². The van der Waals surface area contributed by atoms with E-state index in [0.29, 0.717) is 38.4 Å². The van der Waals surface area contributed by atoms with E-state index < -0.39 is 11.9 Å². The van der Waals surface area contributed by atoms with Gasteiger partial charge in [-0.15, -0.1) is 0 Å². The molecule has 0 fully saturated rings. The van der Waals surface area contributed by atoms with E-state index in [4.69, 9.17) is 11.6 Å². The van der Waals surface area contributed by atoms with Crippen LogP contribution in [0.4, 0.5) is 4.39 Å². The highest BCUT2D eigenvalue weighted by Gasteiger charge is 2.16. The zero-order chi connectivity index (χ0) is 19.8. The molecule has 140 valence electrons. The van der Waals surface area contributed by atoms with Crippen molar-refractivity contribution >= 4 is 22.6 Å².